The smallest absolute Gasteiger partial charge is 0.262 e. The van der Waals surface area contributed by atoms with Crippen LogP contribution in [0.3, 0.4) is 0 Å². The summed E-state index contributed by atoms with van der Waals surface area (Å²) in [7, 11) is -3.70. The topological polar surface area (TPSA) is 99.0 Å². The minimum absolute atomic E-state index is 0.251. The van der Waals surface area contributed by atoms with E-state index in [1.165, 1.54) is 0 Å². The van der Waals surface area contributed by atoms with Crippen molar-refractivity contribution in [3.8, 4) is 17.4 Å². The number of benzene rings is 2. The second-order valence-electron chi connectivity index (χ2n) is 7.95. The average Bonchev–Trinajstić information content (AvgIpc) is 3.06. The lowest BCUT2D eigenvalue weighted by atomic mass is 10.2. The summed E-state index contributed by atoms with van der Waals surface area (Å²) in [5.41, 5.74) is 3.99. The predicted octanol–water partition coefficient (Wildman–Crippen LogP) is 4.80. The molecule has 33 heavy (non-hydrogen) atoms. The molecule has 0 fully saturated rings. The van der Waals surface area contributed by atoms with Crippen molar-refractivity contribution in [1.29, 1.82) is 0 Å². The SMILES string of the molecule is Cc1ccc(S(=O)(=O)Nc2ccc(Oc3cc(-n4nc(C)cc4C)nc(C)n3)cc2)c(C)c1. The molecule has 0 atom stereocenters. The first-order chi connectivity index (χ1) is 15.6. The van der Waals surface area contributed by atoms with E-state index in [4.69, 9.17) is 4.74 Å². The predicted molar refractivity (Wildman–Crippen MR) is 127 cm³/mol. The van der Waals surface area contributed by atoms with Crippen LogP contribution in [0.25, 0.3) is 5.82 Å². The normalized spacial score (nSPS) is 11.4. The summed E-state index contributed by atoms with van der Waals surface area (Å²) in [6.45, 7) is 9.37. The molecule has 2 aromatic heterocycles. The lowest BCUT2D eigenvalue weighted by molar-refractivity contribution is 0.459. The third-order valence-electron chi connectivity index (χ3n) is 4.98. The molecule has 4 rings (SSSR count). The molecule has 0 bridgehead atoms. The molecular formula is C24H25N5O3S. The summed E-state index contributed by atoms with van der Waals surface area (Å²) in [5, 5.41) is 4.46. The van der Waals surface area contributed by atoms with E-state index in [-0.39, 0.29) is 4.90 Å². The number of nitrogens with zero attached hydrogens (tertiary/aromatic N) is 4. The minimum Gasteiger partial charge on any atom is -0.439 e. The number of nitrogens with one attached hydrogen (secondary N) is 1. The van der Waals surface area contributed by atoms with Gasteiger partial charge < -0.3 is 4.74 Å². The lowest BCUT2D eigenvalue weighted by Crippen LogP contribution is -2.14. The zero-order chi connectivity index (χ0) is 23.8. The molecule has 0 spiro atoms. The highest BCUT2D eigenvalue weighted by Gasteiger charge is 2.17. The monoisotopic (exact) mass is 463 g/mol. The van der Waals surface area contributed by atoms with E-state index in [1.807, 2.05) is 32.9 Å². The third kappa shape index (κ3) is 5.04. The maximum atomic E-state index is 12.8. The van der Waals surface area contributed by atoms with Gasteiger partial charge in [0, 0.05) is 17.4 Å². The van der Waals surface area contributed by atoms with Gasteiger partial charge in [0.15, 0.2) is 5.82 Å². The number of aryl methyl sites for hydroxylation is 5. The summed E-state index contributed by atoms with van der Waals surface area (Å²) in [6, 6.07) is 15.6. The minimum atomic E-state index is -3.70. The van der Waals surface area contributed by atoms with Crippen molar-refractivity contribution in [1.82, 2.24) is 19.7 Å². The Morgan fingerprint density at radius 1 is 0.879 bits per heavy atom. The van der Waals surface area contributed by atoms with Crippen molar-refractivity contribution in [2.75, 3.05) is 4.72 Å². The summed E-state index contributed by atoms with van der Waals surface area (Å²) in [4.78, 5) is 9.04. The Kier molecular flexibility index (Phi) is 5.90. The zero-order valence-corrected chi connectivity index (χ0v) is 19.9. The van der Waals surface area contributed by atoms with Crippen LogP contribution in [-0.2, 0) is 10.0 Å². The number of ether oxygens (including phenoxy) is 1. The fraction of sp³-hybridized carbons (Fsp3) is 0.208. The quantitative estimate of drug-likeness (QED) is 0.441. The molecule has 4 aromatic rings. The zero-order valence-electron chi connectivity index (χ0n) is 19.1. The first kappa shape index (κ1) is 22.5. The van der Waals surface area contributed by atoms with Gasteiger partial charge in [0.05, 0.1) is 10.6 Å². The van der Waals surface area contributed by atoms with Crippen LogP contribution in [0.4, 0.5) is 5.69 Å². The van der Waals surface area contributed by atoms with Crippen LogP contribution in [-0.4, -0.2) is 28.2 Å². The number of sulfonamides is 1. The molecule has 0 aliphatic carbocycles. The van der Waals surface area contributed by atoms with Gasteiger partial charge in [0.2, 0.25) is 5.88 Å². The molecule has 0 aliphatic rings. The standard InChI is InChI=1S/C24H25N5O3S/c1-15-6-11-22(16(2)12-15)33(30,31)28-20-7-9-21(10-8-20)32-24-14-23(25-19(5)26-24)29-18(4)13-17(3)27-29/h6-14,28H,1-5H3. The second-order valence-corrected chi connectivity index (χ2v) is 9.60. The van der Waals surface area contributed by atoms with Crippen molar-refractivity contribution in [3.63, 3.8) is 0 Å². The molecule has 0 aliphatic heterocycles. The van der Waals surface area contributed by atoms with Crippen LogP contribution in [0.1, 0.15) is 28.3 Å². The lowest BCUT2D eigenvalue weighted by Gasteiger charge is -2.12. The molecule has 2 heterocycles. The summed E-state index contributed by atoms with van der Waals surface area (Å²) in [5.74, 6) is 2.05. The number of hydrogen-bond acceptors (Lipinski definition) is 6. The van der Waals surface area contributed by atoms with Crippen molar-refractivity contribution in [2.45, 2.75) is 39.5 Å². The molecule has 2 aromatic carbocycles. The van der Waals surface area contributed by atoms with Crippen LogP contribution >= 0.6 is 0 Å². The molecule has 0 saturated heterocycles. The van der Waals surface area contributed by atoms with E-state index in [2.05, 4.69) is 19.8 Å². The molecule has 0 amide bonds. The van der Waals surface area contributed by atoms with Gasteiger partial charge in [0.1, 0.15) is 11.6 Å². The van der Waals surface area contributed by atoms with Gasteiger partial charge in [-0.2, -0.15) is 10.1 Å². The molecule has 0 radical (unpaired) electrons. The number of anilines is 1. The first-order valence-electron chi connectivity index (χ1n) is 10.4. The molecule has 170 valence electrons. The molecule has 0 unspecified atom stereocenters. The fourth-order valence-electron chi connectivity index (χ4n) is 3.57. The Bertz CT molecular complexity index is 1430. The fourth-order valence-corrected chi connectivity index (χ4v) is 4.86. The average molecular weight is 464 g/mol. The van der Waals surface area contributed by atoms with E-state index in [9.17, 15) is 8.42 Å². The van der Waals surface area contributed by atoms with Gasteiger partial charge in [-0.25, -0.2) is 18.1 Å². The van der Waals surface area contributed by atoms with E-state index < -0.39 is 10.0 Å². The highest BCUT2D eigenvalue weighted by molar-refractivity contribution is 7.92. The van der Waals surface area contributed by atoms with Crippen LogP contribution in [0.5, 0.6) is 11.6 Å². The van der Waals surface area contributed by atoms with Crippen molar-refractivity contribution in [3.05, 3.63) is 82.9 Å². The third-order valence-corrected chi connectivity index (χ3v) is 6.52. The van der Waals surface area contributed by atoms with E-state index in [1.54, 1.807) is 61.0 Å². The van der Waals surface area contributed by atoms with Gasteiger partial charge in [-0.3, -0.25) is 4.72 Å². The van der Waals surface area contributed by atoms with E-state index >= 15 is 0 Å². The van der Waals surface area contributed by atoms with Crippen LogP contribution in [0, 0.1) is 34.6 Å². The Labute approximate surface area is 193 Å². The van der Waals surface area contributed by atoms with Crippen LogP contribution in [0.2, 0.25) is 0 Å². The van der Waals surface area contributed by atoms with E-state index in [0.29, 0.717) is 34.5 Å². The van der Waals surface area contributed by atoms with Gasteiger partial charge in [-0.05, 0) is 76.6 Å². The van der Waals surface area contributed by atoms with Crippen molar-refractivity contribution >= 4 is 15.7 Å². The molecule has 9 heteroatoms. The van der Waals surface area contributed by atoms with Crippen molar-refractivity contribution in [2.24, 2.45) is 0 Å². The number of hydrogen-bond donors (Lipinski definition) is 1. The Morgan fingerprint density at radius 2 is 1.61 bits per heavy atom. The number of aromatic nitrogens is 4. The van der Waals surface area contributed by atoms with Gasteiger partial charge in [-0.15, -0.1) is 0 Å². The Morgan fingerprint density at radius 3 is 2.24 bits per heavy atom. The summed E-state index contributed by atoms with van der Waals surface area (Å²) >= 11 is 0. The highest BCUT2D eigenvalue weighted by Crippen LogP contribution is 2.25. The van der Waals surface area contributed by atoms with Gasteiger partial charge in [-0.1, -0.05) is 17.7 Å². The molecule has 8 nitrogen and oxygen atoms in total. The molecular weight excluding hydrogens is 438 g/mol. The Hall–Kier alpha value is -3.72. The molecule has 1 N–H and O–H groups in total. The maximum Gasteiger partial charge on any atom is 0.262 e. The summed E-state index contributed by atoms with van der Waals surface area (Å²) < 4.78 is 35.8. The van der Waals surface area contributed by atoms with E-state index in [0.717, 1.165) is 17.0 Å². The second kappa shape index (κ2) is 8.67. The largest absolute Gasteiger partial charge is 0.439 e. The highest BCUT2D eigenvalue weighted by atomic mass is 32.2. The molecule has 0 saturated carbocycles. The summed E-state index contributed by atoms with van der Waals surface area (Å²) in [6.07, 6.45) is 0. The Balaban J connectivity index is 1.53. The maximum absolute atomic E-state index is 12.8. The first-order valence-corrected chi connectivity index (χ1v) is 11.9. The van der Waals surface area contributed by atoms with Gasteiger partial charge in [0.25, 0.3) is 10.0 Å². The van der Waals surface area contributed by atoms with Crippen LogP contribution < -0.4 is 9.46 Å². The van der Waals surface area contributed by atoms with Gasteiger partial charge >= 0.3 is 0 Å². The van der Waals surface area contributed by atoms with Crippen LogP contribution in [0.15, 0.2) is 59.5 Å². The number of rotatable bonds is 6. The van der Waals surface area contributed by atoms with Crippen molar-refractivity contribution < 1.29 is 13.2 Å².